The molecule has 2 N–H and O–H groups in total. The van der Waals surface area contributed by atoms with Gasteiger partial charge in [0.25, 0.3) is 0 Å². The number of allylic oxidation sites excluding steroid dienone is 1. The van der Waals surface area contributed by atoms with Gasteiger partial charge in [0, 0.05) is 5.56 Å². The Balaban J connectivity index is 2.41. The molecule has 2 aromatic carbocycles. The van der Waals surface area contributed by atoms with E-state index in [4.69, 9.17) is 5.11 Å². The predicted octanol–water partition coefficient (Wildman–Crippen LogP) is 3.48. The van der Waals surface area contributed by atoms with Gasteiger partial charge in [-0.2, -0.15) is 0 Å². The lowest BCUT2D eigenvalue weighted by Crippen LogP contribution is -2.11. The smallest absolute Gasteiger partial charge is 0.336 e. The van der Waals surface area contributed by atoms with Gasteiger partial charge < -0.3 is 10.2 Å². The van der Waals surface area contributed by atoms with E-state index in [0.29, 0.717) is 5.56 Å². The van der Waals surface area contributed by atoms with E-state index in [1.807, 2.05) is 6.07 Å². The van der Waals surface area contributed by atoms with Gasteiger partial charge in [0.15, 0.2) is 5.76 Å². The van der Waals surface area contributed by atoms with Gasteiger partial charge in [-0.25, -0.2) is 4.79 Å². The highest BCUT2D eigenvalue weighted by molar-refractivity contribution is 6.14. The van der Waals surface area contributed by atoms with Gasteiger partial charge in [0.05, 0.1) is 5.56 Å². The summed E-state index contributed by atoms with van der Waals surface area (Å²) in [5, 5.41) is 19.1. The molecular formula is C17H14O4. The van der Waals surface area contributed by atoms with Crippen LogP contribution < -0.4 is 0 Å². The zero-order chi connectivity index (χ0) is 15.4. The zero-order valence-corrected chi connectivity index (χ0v) is 11.4. The molecule has 4 nitrogen and oxygen atoms in total. The fourth-order valence-electron chi connectivity index (χ4n) is 1.94. The van der Waals surface area contributed by atoms with E-state index < -0.39 is 17.5 Å². The number of carbonyl (C=O) groups excluding carboxylic acids is 1. The number of aromatic carboxylic acids is 1. The molecule has 2 rings (SSSR count). The maximum Gasteiger partial charge on any atom is 0.336 e. The summed E-state index contributed by atoms with van der Waals surface area (Å²) in [5.74, 6) is -2.40. The lowest BCUT2D eigenvalue weighted by Gasteiger charge is -2.06. The molecule has 21 heavy (non-hydrogen) atoms. The number of carboxylic acid groups (broad SMARTS) is 1. The average Bonchev–Trinajstić information content (AvgIpc) is 2.47. The minimum Gasteiger partial charge on any atom is -0.504 e. The number of ketones is 1. The van der Waals surface area contributed by atoms with Crippen LogP contribution in [0.15, 0.2) is 54.3 Å². The van der Waals surface area contributed by atoms with Crippen LogP contribution in [-0.2, 0) is 0 Å². The third-order valence-corrected chi connectivity index (χ3v) is 2.99. The third-order valence-electron chi connectivity index (χ3n) is 2.99. The maximum atomic E-state index is 12.2. The SMILES string of the molecule is Cc1ccc(C(=O)/C(O)=C/c2ccccc2)c(C(=O)O)c1. The second-order valence-electron chi connectivity index (χ2n) is 4.62. The molecule has 2 aromatic rings. The number of carboxylic acids is 1. The zero-order valence-electron chi connectivity index (χ0n) is 11.4. The first-order chi connectivity index (χ1) is 9.99. The van der Waals surface area contributed by atoms with Gasteiger partial charge in [-0.1, -0.05) is 42.0 Å². The molecule has 0 aliphatic heterocycles. The Kier molecular flexibility index (Phi) is 4.18. The lowest BCUT2D eigenvalue weighted by molar-refractivity contribution is 0.0692. The van der Waals surface area contributed by atoms with Crippen LogP contribution in [-0.4, -0.2) is 22.0 Å². The molecular weight excluding hydrogens is 268 g/mol. The van der Waals surface area contributed by atoms with Crippen molar-refractivity contribution in [3.8, 4) is 0 Å². The molecule has 0 saturated heterocycles. The van der Waals surface area contributed by atoms with E-state index in [1.54, 1.807) is 37.3 Å². The molecule has 0 aliphatic rings. The Labute approximate surface area is 122 Å². The molecule has 0 amide bonds. The summed E-state index contributed by atoms with van der Waals surface area (Å²) in [6.07, 6.45) is 1.31. The topological polar surface area (TPSA) is 74.6 Å². The van der Waals surface area contributed by atoms with Gasteiger partial charge in [-0.3, -0.25) is 4.79 Å². The molecule has 106 valence electrons. The van der Waals surface area contributed by atoms with E-state index in [1.165, 1.54) is 18.2 Å². The molecule has 0 atom stereocenters. The highest BCUT2D eigenvalue weighted by Gasteiger charge is 2.19. The van der Waals surface area contributed by atoms with Crippen LogP contribution in [0.2, 0.25) is 0 Å². The van der Waals surface area contributed by atoms with Crippen molar-refractivity contribution >= 4 is 17.8 Å². The van der Waals surface area contributed by atoms with Crippen LogP contribution in [0.1, 0.15) is 31.8 Å². The lowest BCUT2D eigenvalue weighted by atomic mass is 9.99. The minimum atomic E-state index is -1.20. The molecule has 0 fully saturated rings. The number of hydrogen-bond acceptors (Lipinski definition) is 3. The van der Waals surface area contributed by atoms with Gasteiger partial charge in [0.1, 0.15) is 0 Å². The van der Waals surface area contributed by atoms with Crippen molar-refractivity contribution in [1.29, 1.82) is 0 Å². The Bertz CT molecular complexity index is 715. The fourth-order valence-corrected chi connectivity index (χ4v) is 1.94. The minimum absolute atomic E-state index is 0.0298. The van der Waals surface area contributed by atoms with Crippen LogP contribution in [0.4, 0.5) is 0 Å². The summed E-state index contributed by atoms with van der Waals surface area (Å²) in [6, 6.07) is 13.3. The predicted molar refractivity (Wildman–Crippen MR) is 79.5 cm³/mol. The standard InChI is InChI=1S/C17H14O4/c1-11-7-8-13(14(9-11)17(20)21)16(19)15(18)10-12-5-3-2-4-6-12/h2-10,18H,1H3,(H,20,21)/b15-10-. The Morgan fingerprint density at radius 3 is 2.24 bits per heavy atom. The number of benzene rings is 2. The molecule has 0 aromatic heterocycles. The second-order valence-corrected chi connectivity index (χ2v) is 4.62. The largest absolute Gasteiger partial charge is 0.504 e. The summed E-state index contributed by atoms with van der Waals surface area (Å²) in [5.41, 5.74) is 1.24. The molecule has 0 spiro atoms. The highest BCUT2D eigenvalue weighted by Crippen LogP contribution is 2.17. The van der Waals surface area contributed by atoms with Crippen molar-refractivity contribution in [1.82, 2.24) is 0 Å². The van der Waals surface area contributed by atoms with Gasteiger partial charge in [0.2, 0.25) is 5.78 Å². The second kappa shape index (κ2) is 6.05. The quantitative estimate of drug-likeness (QED) is 0.511. The number of Topliss-reactive ketones (excluding diaryl/α,β-unsaturated/α-hetero) is 1. The van der Waals surface area contributed by atoms with Crippen LogP contribution >= 0.6 is 0 Å². The monoisotopic (exact) mass is 282 g/mol. The van der Waals surface area contributed by atoms with Crippen LogP contribution in [0.3, 0.4) is 0 Å². The first-order valence-electron chi connectivity index (χ1n) is 6.33. The molecule has 0 aliphatic carbocycles. The molecule has 0 unspecified atom stereocenters. The maximum absolute atomic E-state index is 12.2. The van der Waals surface area contributed by atoms with E-state index in [2.05, 4.69) is 0 Å². The Hall–Kier alpha value is -2.88. The van der Waals surface area contributed by atoms with Gasteiger partial charge >= 0.3 is 5.97 Å². The number of aliphatic hydroxyl groups excluding tert-OH is 1. The van der Waals surface area contributed by atoms with Gasteiger partial charge in [-0.05, 0) is 30.7 Å². The summed E-state index contributed by atoms with van der Waals surface area (Å²) in [7, 11) is 0. The number of rotatable bonds is 4. The number of aryl methyl sites for hydroxylation is 1. The van der Waals surface area contributed by atoms with Crippen LogP contribution in [0.5, 0.6) is 0 Å². The van der Waals surface area contributed by atoms with Crippen molar-refractivity contribution in [3.05, 3.63) is 76.5 Å². The number of aliphatic hydroxyl groups is 1. The van der Waals surface area contributed by atoms with E-state index >= 15 is 0 Å². The van der Waals surface area contributed by atoms with Gasteiger partial charge in [-0.15, -0.1) is 0 Å². The summed E-state index contributed by atoms with van der Waals surface area (Å²) >= 11 is 0. The van der Waals surface area contributed by atoms with Crippen LogP contribution in [0, 0.1) is 6.92 Å². The normalized spacial score (nSPS) is 11.2. The van der Waals surface area contributed by atoms with E-state index in [0.717, 1.165) is 5.56 Å². The fraction of sp³-hybridized carbons (Fsp3) is 0.0588. The Morgan fingerprint density at radius 1 is 0.952 bits per heavy atom. The summed E-state index contributed by atoms with van der Waals surface area (Å²) in [4.78, 5) is 23.4. The van der Waals surface area contributed by atoms with Crippen molar-refractivity contribution < 1.29 is 19.8 Å². The summed E-state index contributed by atoms with van der Waals surface area (Å²) in [6.45, 7) is 1.74. The van der Waals surface area contributed by atoms with Crippen molar-refractivity contribution in [3.63, 3.8) is 0 Å². The van der Waals surface area contributed by atoms with E-state index in [9.17, 15) is 14.7 Å². The molecule has 0 radical (unpaired) electrons. The molecule has 4 heteroatoms. The highest BCUT2D eigenvalue weighted by atomic mass is 16.4. The van der Waals surface area contributed by atoms with Crippen LogP contribution in [0.25, 0.3) is 6.08 Å². The average molecular weight is 282 g/mol. The van der Waals surface area contributed by atoms with Crippen molar-refractivity contribution in [2.24, 2.45) is 0 Å². The first kappa shape index (κ1) is 14.5. The molecule has 0 heterocycles. The van der Waals surface area contributed by atoms with Crippen molar-refractivity contribution in [2.45, 2.75) is 6.92 Å². The first-order valence-corrected chi connectivity index (χ1v) is 6.33. The van der Waals surface area contributed by atoms with Crippen molar-refractivity contribution in [2.75, 3.05) is 0 Å². The third kappa shape index (κ3) is 3.36. The number of carbonyl (C=O) groups is 2. The Morgan fingerprint density at radius 2 is 1.62 bits per heavy atom. The number of hydrogen-bond donors (Lipinski definition) is 2. The van der Waals surface area contributed by atoms with E-state index in [-0.39, 0.29) is 11.1 Å². The summed E-state index contributed by atoms with van der Waals surface area (Å²) < 4.78 is 0. The molecule has 0 saturated carbocycles. The molecule has 0 bridgehead atoms.